The Labute approximate surface area is 137 Å². The molecule has 1 aromatic rings. The Morgan fingerprint density at radius 2 is 1.43 bits per heavy atom. The third-order valence-corrected chi connectivity index (χ3v) is 6.01. The average Bonchev–Trinajstić information content (AvgIpc) is 3.05. The summed E-state index contributed by atoms with van der Waals surface area (Å²) in [6.45, 7) is 3.45. The van der Waals surface area contributed by atoms with Crippen LogP contribution in [0.3, 0.4) is 0 Å². The van der Waals surface area contributed by atoms with Crippen LogP contribution in [0.2, 0.25) is 0 Å². The molecule has 3 nitrogen and oxygen atoms in total. The van der Waals surface area contributed by atoms with E-state index in [-0.39, 0.29) is 17.1 Å². The van der Waals surface area contributed by atoms with E-state index in [4.69, 9.17) is 9.47 Å². The largest absolute Gasteiger partial charge is 0.347 e. The maximum absolute atomic E-state index is 13.4. The highest BCUT2D eigenvalue weighted by Gasteiger charge is 2.46. The molecule has 2 heterocycles. The minimum absolute atomic E-state index is 0.0756. The zero-order chi connectivity index (χ0) is 15.8. The van der Waals surface area contributed by atoms with Gasteiger partial charge in [-0.05, 0) is 30.5 Å². The summed E-state index contributed by atoms with van der Waals surface area (Å²) in [6, 6.07) is 7.21. The molecule has 1 spiro atoms. The maximum Gasteiger partial charge on any atom is 0.170 e. The van der Waals surface area contributed by atoms with Crippen LogP contribution < -0.4 is 0 Å². The highest BCUT2D eigenvalue weighted by molar-refractivity contribution is 5.26. The second-order valence-electron chi connectivity index (χ2n) is 7.19. The zero-order valence-electron chi connectivity index (χ0n) is 13.7. The van der Waals surface area contributed by atoms with Crippen LogP contribution >= 0.6 is 0 Å². The molecule has 126 valence electrons. The van der Waals surface area contributed by atoms with E-state index >= 15 is 0 Å². The van der Waals surface area contributed by atoms with E-state index < -0.39 is 0 Å². The first-order valence-electron chi connectivity index (χ1n) is 9.02. The van der Waals surface area contributed by atoms with Crippen LogP contribution in [0.5, 0.6) is 0 Å². The molecule has 1 saturated carbocycles. The lowest BCUT2D eigenvalue weighted by molar-refractivity contribution is -0.195. The molecule has 0 amide bonds. The van der Waals surface area contributed by atoms with E-state index in [1.165, 1.54) is 37.7 Å². The second-order valence-corrected chi connectivity index (χ2v) is 7.19. The van der Waals surface area contributed by atoms with Gasteiger partial charge in [0.2, 0.25) is 0 Å². The van der Waals surface area contributed by atoms with E-state index in [0.717, 1.165) is 39.1 Å². The topological polar surface area (TPSA) is 21.7 Å². The van der Waals surface area contributed by atoms with E-state index in [0.29, 0.717) is 0 Å². The van der Waals surface area contributed by atoms with Crippen molar-refractivity contribution in [2.45, 2.75) is 56.3 Å². The van der Waals surface area contributed by atoms with Crippen LogP contribution in [-0.4, -0.2) is 37.0 Å². The number of rotatable bonds is 2. The molecular formula is C19H26FNO2. The van der Waals surface area contributed by atoms with Gasteiger partial charge in [0, 0.05) is 31.5 Å². The molecule has 0 bridgehead atoms. The van der Waals surface area contributed by atoms with Crippen molar-refractivity contribution in [1.82, 2.24) is 4.90 Å². The smallest absolute Gasteiger partial charge is 0.170 e. The third kappa shape index (κ3) is 2.81. The van der Waals surface area contributed by atoms with Crippen molar-refractivity contribution in [3.05, 3.63) is 35.6 Å². The van der Waals surface area contributed by atoms with Crippen LogP contribution in [0.1, 0.15) is 50.5 Å². The first kappa shape index (κ1) is 15.6. The lowest BCUT2D eigenvalue weighted by Crippen LogP contribution is -2.54. The van der Waals surface area contributed by atoms with Crippen molar-refractivity contribution in [1.29, 1.82) is 0 Å². The molecule has 23 heavy (non-hydrogen) atoms. The van der Waals surface area contributed by atoms with Gasteiger partial charge in [-0.2, -0.15) is 0 Å². The SMILES string of the molecule is Fc1ccc(C2(N3CCC4(CC3)OCCO4)CCCCC2)cc1. The fourth-order valence-electron chi connectivity index (χ4n) is 4.75. The molecule has 2 saturated heterocycles. The van der Waals surface area contributed by atoms with E-state index in [1.807, 2.05) is 12.1 Å². The molecule has 3 fully saturated rings. The summed E-state index contributed by atoms with van der Waals surface area (Å²) in [5.74, 6) is -0.472. The molecule has 0 atom stereocenters. The fourth-order valence-corrected chi connectivity index (χ4v) is 4.75. The van der Waals surface area contributed by atoms with Gasteiger partial charge in [-0.3, -0.25) is 4.90 Å². The van der Waals surface area contributed by atoms with E-state index in [1.54, 1.807) is 12.1 Å². The quantitative estimate of drug-likeness (QED) is 0.827. The molecular weight excluding hydrogens is 293 g/mol. The van der Waals surface area contributed by atoms with Crippen LogP contribution in [0.4, 0.5) is 4.39 Å². The molecule has 4 rings (SSSR count). The maximum atomic E-state index is 13.4. The van der Waals surface area contributed by atoms with E-state index in [9.17, 15) is 4.39 Å². The minimum atomic E-state index is -0.324. The van der Waals surface area contributed by atoms with Gasteiger partial charge >= 0.3 is 0 Å². The number of likely N-dealkylation sites (tertiary alicyclic amines) is 1. The normalized spacial score (nSPS) is 27.3. The van der Waals surface area contributed by atoms with Crippen molar-refractivity contribution >= 4 is 0 Å². The van der Waals surface area contributed by atoms with Gasteiger partial charge in [-0.1, -0.05) is 31.4 Å². The lowest BCUT2D eigenvalue weighted by Gasteiger charge is -2.51. The second kappa shape index (κ2) is 6.15. The molecule has 0 N–H and O–H groups in total. The molecule has 1 aliphatic carbocycles. The predicted molar refractivity (Wildman–Crippen MR) is 86.6 cm³/mol. The Morgan fingerprint density at radius 3 is 2.04 bits per heavy atom. The van der Waals surface area contributed by atoms with Gasteiger partial charge in [0.1, 0.15) is 5.82 Å². The van der Waals surface area contributed by atoms with Crippen LogP contribution in [0.25, 0.3) is 0 Å². The van der Waals surface area contributed by atoms with Gasteiger partial charge < -0.3 is 9.47 Å². The average molecular weight is 319 g/mol. The Bertz CT molecular complexity index is 523. The number of nitrogens with zero attached hydrogens (tertiary/aromatic N) is 1. The Balaban J connectivity index is 1.58. The number of hydrogen-bond donors (Lipinski definition) is 0. The van der Waals surface area contributed by atoms with Crippen molar-refractivity contribution in [3.63, 3.8) is 0 Å². The molecule has 3 aliphatic rings. The summed E-state index contributed by atoms with van der Waals surface area (Å²) >= 11 is 0. The summed E-state index contributed by atoms with van der Waals surface area (Å²) in [4.78, 5) is 2.62. The summed E-state index contributed by atoms with van der Waals surface area (Å²) in [5, 5.41) is 0. The fraction of sp³-hybridized carbons (Fsp3) is 0.684. The van der Waals surface area contributed by atoms with Crippen molar-refractivity contribution < 1.29 is 13.9 Å². The number of halogens is 1. The predicted octanol–water partition coefficient (Wildman–Crippen LogP) is 3.82. The molecule has 0 radical (unpaired) electrons. The highest BCUT2D eigenvalue weighted by Crippen LogP contribution is 2.45. The number of hydrogen-bond acceptors (Lipinski definition) is 3. The van der Waals surface area contributed by atoms with Gasteiger partial charge in [-0.15, -0.1) is 0 Å². The van der Waals surface area contributed by atoms with Crippen molar-refractivity contribution in [2.24, 2.45) is 0 Å². The molecule has 0 unspecified atom stereocenters. The van der Waals surface area contributed by atoms with Crippen LogP contribution in [0.15, 0.2) is 24.3 Å². The van der Waals surface area contributed by atoms with Crippen LogP contribution in [-0.2, 0) is 15.0 Å². The Kier molecular flexibility index (Phi) is 4.16. The molecule has 0 aromatic heterocycles. The van der Waals surface area contributed by atoms with Gasteiger partial charge in [0.05, 0.1) is 13.2 Å². The van der Waals surface area contributed by atoms with Gasteiger partial charge in [0.15, 0.2) is 5.79 Å². The zero-order valence-corrected chi connectivity index (χ0v) is 13.7. The highest BCUT2D eigenvalue weighted by atomic mass is 19.1. The molecule has 2 aliphatic heterocycles. The third-order valence-electron chi connectivity index (χ3n) is 6.01. The summed E-state index contributed by atoms with van der Waals surface area (Å²) in [7, 11) is 0. The standard InChI is InChI=1S/C19H26FNO2/c20-17-6-4-16(5-7-17)18(8-2-1-3-9-18)21-12-10-19(11-13-21)22-14-15-23-19/h4-7H,1-3,8-15H2. The van der Waals surface area contributed by atoms with Crippen molar-refractivity contribution in [3.8, 4) is 0 Å². The van der Waals surface area contributed by atoms with E-state index in [2.05, 4.69) is 4.90 Å². The summed E-state index contributed by atoms with van der Waals surface area (Å²) in [6.07, 6.45) is 8.05. The minimum Gasteiger partial charge on any atom is -0.347 e. The molecule has 4 heteroatoms. The summed E-state index contributed by atoms with van der Waals surface area (Å²) in [5.41, 5.74) is 1.36. The monoisotopic (exact) mass is 319 g/mol. The number of piperidine rings is 1. The van der Waals surface area contributed by atoms with Crippen molar-refractivity contribution in [2.75, 3.05) is 26.3 Å². The first-order valence-corrected chi connectivity index (χ1v) is 9.02. The van der Waals surface area contributed by atoms with Gasteiger partial charge in [0.25, 0.3) is 0 Å². The first-order chi connectivity index (χ1) is 11.2. The molecule has 1 aromatic carbocycles. The lowest BCUT2D eigenvalue weighted by atomic mass is 9.74. The van der Waals surface area contributed by atoms with Crippen LogP contribution in [0, 0.1) is 5.82 Å². The summed E-state index contributed by atoms with van der Waals surface area (Å²) < 4.78 is 25.1. The number of benzene rings is 1. The Hall–Kier alpha value is -0.970. The Morgan fingerprint density at radius 1 is 0.826 bits per heavy atom. The number of ether oxygens (including phenoxy) is 2. The van der Waals surface area contributed by atoms with Gasteiger partial charge in [-0.25, -0.2) is 4.39 Å².